The molecule has 1 aromatic carbocycles. The molecular weight excluding hydrogens is 286 g/mol. The summed E-state index contributed by atoms with van der Waals surface area (Å²) in [7, 11) is -2.08. The highest BCUT2D eigenvalue weighted by atomic mass is 32.2. The van der Waals surface area contributed by atoms with Crippen LogP contribution in [0.5, 0.6) is 0 Å². The van der Waals surface area contributed by atoms with Crippen LogP contribution in [0.2, 0.25) is 0 Å². The van der Waals surface area contributed by atoms with E-state index in [0.29, 0.717) is 5.82 Å². The molecule has 0 atom stereocenters. The zero-order valence-corrected chi connectivity index (χ0v) is 12.6. The quantitative estimate of drug-likeness (QED) is 0.945. The van der Waals surface area contributed by atoms with Crippen LogP contribution in [0.4, 0.5) is 11.5 Å². The van der Waals surface area contributed by atoms with Gasteiger partial charge in [-0.1, -0.05) is 12.1 Å². The number of anilines is 2. The summed E-state index contributed by atoms with van der Waals surface area (Å²) < 4.78 is 26.6. The van der Waals surface area contributed by atoms with E-state index in [1.54, 1.807) is 36.5 Å². The van der Waals surface area contributed by atoms with Crippen molar-refractivity contribution in [2.45, 2.75) is 17.7 Å². The fourth-order valence-electron chi connectivity index (χ4n) is 2.42. The van der Waals surface area contributed by atoms with Crippen LogP contribution >= 0.6 is 0 Å². The third-order valence-corrected chi connectivity index (χ3v) is 5.41. The standard InChI is InChI=1S/C15H17N3O2S/c1-18(15-6-2-3-9-17-15)21(19,20)13-8-7-12-5-4-10-16-14(12)11-13/h2-3,6-9,11,16H,4-5,10H2,1H3. The predicted octanol–water partition coefficient (Wildman–Crippen LogP) is 2.26. The molecule has 0 spiro atoms. The molecule has 0 aliphatic carbocycles. The van der Waals surface area contributed by atoms with E-state index in [2.05, 4.69) is 10.3 Å². The molecule has 0 amide bonds. The van der Waals surface area contributed by atoms with Crippen molar-refractivity contribution in [2.24, 2.45) is 0 Å². The van der Waals surface area contributed by atoms with Gasteiger partial charge in [0.15, 0.2) is 0 Å². The fraction of sp³-hybridized carbons (Fsp3) is 0.267. The highest BCUT2D eigenvalue weighted by Crippen LogP contribution is 2.27. The lowest BCUT2D eigenvalue weighted by atomic mass is 10.0. The maximum atomic E-state index is 12.7. The molecule has 2 aromatic rings. The lowest BCUT2D eigenvalue weighted by molar-refractivity contribution is 0.594. The van der Waals surface area contributed by atoms with Gasteiger partial charge in [-0.3, -0.25) is 4.31 Å². The Hall–Kier alpha value is -2.08. The Morgan fingerprint density at radius 1 is 1.24 bits per heavy atom. The number of aromatic nitrogens is 1. The van der Waals surface area contributed by atoms with E-state index in [0.717, 1.165) is 25.1 Å². The zero-order chi connectivity index (χ0) is 14.9. The Morgan fingerprint density at radius 3 is 2.86 bits per heavy atom. The summed E-state index contributed by atoms with van der Waals surface area (Å²) in [5.74, 6) is 0.406. The minimum atomic E-state index is -3.59. The third-order valence-electron chi connectivity index (χ3n) is 3.65. The second kappa shape index (κ2) is 5.37. The van der Waals surface area contributed by atoms with Crippen LogP contribution < -0.4 is 9.62 Å². The van der Waals surface area contributed by atoms with E-state index in [1.807, 2.05) is 6.07 Å². The lowest BCUT2D eigenvalue weighted by Gasteiger charge is -2.21. The SMILES string of the molecule is CN(c1ccccn1)S(=O)(=O)c1ccc2c(c1)NCCC2. The number of hydrogen-bond acceptors (Lipinski definition) is 4. The van der Waals surface area contributed by atoms with Crippen LogP contribution in [-0.4, -0.2) is 27.0 Å². The smallest absolute Gasteiger partial charge is 0.265 e. The molecule has 110 valence electrons. The van der Waals surface area contributed by atoms with E-state index in [4.69, 9.17) is 0 Å². The molecule has 1 aliphatic rings. The van der Waals surface area contributed by atoms with Crippen molar-refractivity contribution in [2.75, 3.05) is 23.2 Å². The van der Waals surface area contributed by atoms with Gasteiger partial charge in [0.1, 0.15) is 5.82 Å². The molecule has 2 heterocycles. The van der Waals surface area contributed by atoms with Crippen LogP contribution in [0, 0.1) is 0 Å². The van der Waals surface area contributed by atoms with Gasteiger partial charge in [0, 0.05) is 25.5 Å². The first-order chi connectivity index (χ1) is 10.1. The van der Waals surface area contributed by atoms with E-state index in [9.17, 15) is 8.42 Å². The molecule has 1 aromatic heterocycles. The minimum Gasteiger partial charge on any atom is -0.385 e. The lowest BCUT2D eigenvalue weighted by Crippen LogP contribution is -2.27. The van der Waals surface area contributed by atoms with Crippen molar-refractivity contribution in [3.63, 3.8) is 0 Å². The van der Waals surface area contributed by atoms with Crippen molar-refractivity contribution in [3.05, 3.63) is 48.2 Å². The van der Waals surface area contributed by atoms with Crippen molar-refractivity contribution in [3.8, 4) is 0 Å². The van der Waals surface area contributed by atoms with Gasteiger partial charge >= 0.3 is 0 Å². The number of hydrogen-bond donors (Lipinski definition) is 1. The van der Waals surface area contributed by atoms with Crippen molar-refractivity contribution in [1.82, 2.24) is 4.98 Å². The highest BCUT2D eigenvalue weighted by Gasteiger charge is 2.23. The second-order valence-corrected chi connectivity index (χ2v) is 6.98. The molecule has 0 saturated heterocycles. The molecule has 6 heteroatoms. The maximum Gasteiger partial charge on any atom is 0.265 e. The molecule has 0 saturated carbocycles. The Bertz CT molecular complexity index is 745. The number of nitrogens with one attached hydrogen (secondary N) is 1. The van der Waals surface area contributed by atoms with E-state index < -0.39 is 10.0 Å². The summed E-state index contributed by atoms with van der Waals surface area (Å²) in [6.07, 6.45) is 3.64. The zero-order valence-electron chi connectivity index (χ0n) is 11.8. The first-order valence-corrected chi connectivity index (χ1v) is 8.30. The maximum absolute atomic E-state index is 12.7. The van der Waals surface area contributed by atoms with Gasteiger partial charge in [0.05, 0.1) is 4.90 Å². The first-order valence-electron chi connectivity index (χ1n) is 6.86. The number of rotatable bonds is 3. The number of benzene rings is 1. The Labute approximate surface area is 124 Å². The van der Waals surface area contributed by atoms with E-state index >= 15 is 0 Å². The number of sulfonamides is 1. The number of aryl methyl sites for hydroxylation is 1. The topological polar surface area (TPSA) is 62.3 Å². The predicted molar refractivity (Wildman–Crippen MR) is 83.1 cm³/mol. The van der Waals surface area contributed by atoms with Crippen molar-refractivity contribution in [1.29, 1.82) is 0 Å². The van der Waals surface area contributed by atoms with Gasteiger partial charge in [-0.05, 0) is 42.7 Å². The van der Waals surface area contributed by atoms with Gasteiger partial charge in [0.2, 0.25) is 0 Å². The van der Waals surface area contributed by atoms with Crippen LogP contribution in [0.25, 0.3) is 0 Å². The summed E-state index contributed by atoms with van der Waals surface area (Å²) in [6, 6.07) is 10.5. The average molecular weight is 303 g/mol. The van der Waals surface area contributed by atoms with E-state index in [-0.39, 0.29) is 4.90 Å². The molecule has 3 rings (SSSR count). The fourth-order valence-corrected chi connectivity index (χ4v) is 3.60. The van der Waals surface area contributed by atoms with E-state index in [1.165, 1.54) is 16.9 Å². The third kappa shape index (κ3) is 2.58. The van der Waals surface area contributed by atoms with Gasteiger partial charge in [-0.25, -0.2) is 13.4 Å². The highest BCUT2D eigenvalue weighted by molar-refractivity contribution is 7.92. The normalized spacial score (nSPS) is 14.1. The molecule has 5 nitrogen and oxygen atoms in total. The molecule has 0 bridgehead atoms. The van der Waals surface area contributed by atoms with Crippen molar-refractivity contribution < 1.29 is 8.42 Å². The van der Waals surface area contributed by atoms with Gasteiger partial charge in [-0.15, -0.1) is 0 Å². The van der Waals surface area contributed by atoms with Gasteiger partial charge < -0.3 is 5.32 Å². The molecule has 21 heavy (non-hydrogen) atoms. The van der Waals surface area contributed by atoms with Crippen molar-refractivity contribution >= 4 is 21.5 Å². The molecule has 0 radical (unpaired) electrons. The molecule has 0 unspecified atom stereocenters. The summed E-state index contributed by atoms with van der Waals surface area (Å²) >= 11 is 0. The monoisotopic (exact) mass is 303 g/mol. The Balaban J connectivity index is 1.98. The van der Waals surface area contributed by atoms with Gasteiger partial charge in [-0.2, -0.15) is 0 Å². The Morgan fingerprint density at radius 2 is 2.10 bits per heavy atom. The first kappa shape index (κ1) is 13.9. The largest absolute Gasteiger partial charge is 0.385 e. The summed E-state index contributed by atoms with van der Waals surface area (Å²) in [6.45, 7) is 0.882. The molecule has 0 fully saturated rings. The summed E-state index contributed by atoms with van der Waals surface area (Å²) in [5.41, 5.74) is 2.08. The Kier molecular flexibility index (Phi) is 3.55. The van der Waals surface area contributed by atoms with Crippen LogP contribution in [0.3, 0.4) is 0 Å². The second-order valence-electron chi connectivity index (χ2n) is 5.01. The number of pyridine rings is 1. The minimum absolute atomic E-state index is 0.281. The van der Waals surface area contributed by atoms with Gasteiger partial charge in [0.25, 0.3) is 10.0 Å². The number of fused-ring (bicyclic) bond motifs is 1. The number of nitrogens with zero attached hydrogens (tertiary/aromatic N) is 2. The molecule has 1 N–H and O–H groups in total. The average Bonchev–Trinajstić information content (AvgIpc) is 2.54. The van der Waals surface area contributed by atoms with Crippen LogP contribution in [0.1, 0.15) is 12.0 Å². The van der Waals surface area contributed by atoms with Crippen LogP contribution in [0.15, 0.2) is 47.5 Å². The summed E-state index contributed by atoms with van der Waals surface area (Å²) in [5, 5.41) is 3.26. The molecule has 1 aliphatic heterocycles. The van der Waals surface area contributed by atoms with Crippen LogP contribution in [-0.2, 0) is 16.4 Å². The summed E-state index contributed by atoms with van der Waals surface area (Å²) in [4.78, 5) is 4.37. The molecular formula is C15H17N3O2S.